The minimum atomic E-state index is -4.27. The first-order chi connectivity index (χ1) is 6.98. The molecule has 0 heterocycles. The van der Waals surface area contributed by atoms with Crippen LogP contribution in [0.1, 0.15) is 13.3 Å². The van der Waals surface area contributed by atoms with E-state index in [0.717, 1.165) is 19.9 Å². The number of halogens is 3. The fourth-order valence-electron chi connectivity index (χ4n) is 0.869. The molecule has 0 aromatic rings. The minimum Gasteiger partial charge on any atom is -0.385 e. The number of methoxy groups -OCH3 is 1. The van der Waals surface area contributed by atoms with Crippen molar-refractivity contribution in [3.8, 4) is 0 Å². The van der Waals surface area contributed by atoms with Gasteiger partial charge in [-0.3, -0.25) is 0 Å². The van der Waals surface area contributed by atoms with Crippen LogP contribution in [0.25, 0.3) is 0 Å². The molecule has 0 aliphatic carbocycles. The zero-order valence-electron chi connectivity index (χ0n) is 9.06. The summed E-state index contributed by atoms with van der Waals surface area (Å²) in [4.78, 5) is 0. The summed E-state index contributed by atoms with van der Waals surface area (Å²) >= 11 is 0. The van der Waals surface area contributed by atoms with Crippen molar-refractivity contribution in [2.45, 2.75) is 25.6 Å². The van der Waals surface area contributed by atoms with Gasteiger partial charge in [0, 0.05) is 20.3 Å². The number of nitrogens with one attached hydrogen (secondary N) is 1. The van der Waals surface area contributed by atoms with Crippen LogP contribution in [-0.4, -0.2) is 45.7 Å². The molecular formula is C9H18F3NO2. The van der Waals surface area contributed by atoms with Crippen molar-refractivity contribution in [3.05, 3.63) is 0 Å². The Morgan fingerprint density at radius 3 is 2.40 bits per heavy atom. The molecule has 0 saturated heterocycles. The Bertz CT molecular complexity index is 153. The van der Waals surface area contributed by atoms with Crippen LogP contribution in [0.2, 0.25) is 0 Å². The third-order valence-corrected chi connectivity index (χ3v) is 1.81. The SMILES string of the molecule is COCCCNCCOC(C)C(F)(F)F. The van der Waals surface area contributed by atoms with Crippen LogP contribution in [0.5, 0.6) is 0 Å². The Morgan fingerprint density at radius 1 is 1.20 bits per heavy atom. The molecular weight excluding hydrogens is 211 g/mol. The summed E-state index contributed by atoms with van der Waals surface area (Å²) in [6.07, 6.45) is -5.13. The zero-order valence-corrected chi connectivity index (χ0v) is 9.06. The van der Waals surface area contributed by atoms with Gasteiger partial charge in [-0.15, -0.1) is 0 Å². The summed E-state index contributed by atoms with van der Waals surface area (Å²) in [6.45, 7) is 2.85. The maximum atomic E-state index is 12.0. The highest BCUT2D eigenvalue weighted by Crippen LogP contribution is 2.21. The van der Waals surface area contributed by atoms with Gasteiger partial charge in [0.25, 0.3) is 0 Å². The molecule has 15 heavy (non-hydrogen) atoms. The van der Waals surface area contributed by atoms with Gasteiger partial charge in [0.1, 0.15) is 0 Å². The molecule has 0 spiro atoms. The van der Waals surface area contributed by atoms with Crippen LogP contribution in [0.15, 0.2) is 0 Å². The molecule has 1 atom stereocenters. The van der Waals surface area contributed by atoms with E-state index in [-0.39, 0.29) is 6.61 Å². The second-order valence-electron chi connectivity index (χ2n) is 3.15. The Kier molecular flexibility index (Phi) is 7.72. The molecule has 0 rings (SSSR count). The average Bonchev–Trinajstić information content (AvgIpc) is 2.14. The summed E-state index contributed by atoms with van der Waals surface area (Å²) in [5, 5.41) is 2.95. The van der Waals surface area contributed by atoms with Crippen LogP contribution in [0.3, 0.4) is 0 Å². The van der Waals surface area contributed by atoms with Crippen LogP contribution in [0, 0.1) is 0 Å². The number of hydrogen-bond acceptors (Lipinski definition) is 3. The molecule has 0 aromatic heterocycles. The molecule has 0 aliphatic rings. The fourth-order valence-corrected chi connectivity index (χ4v) is 0.869. The van der Waals surface area contributed by atoms with E-state index >= 15 is 0 Å². The van der Waals surface area contributed by atoms with Gasteiger partial charge < -0.3 is 14.8 Å². The molecule has 0 radical (unpaired) electrons. The quantitative estimate of drug-likeness (QED) is 0.641. The third-order valence-electron chi connectivity index (χ3n) is 1.81. The predicted molar refractivity (Wildman–Crippen MR) is 50.8 cm³/mol. The Morgan fingerprint density at radius 2 is 1.87 bits per heavy atom. The molecule has 92 valence electrons. The summed E-state index contributed by atoms with van der Waals surface area (Å²) in [7, 11) is 1.61. The summed E-state index contributed by atoms with van der Waals surface area (Å²) in [5.74, 6) is 0. The average molecular weight is 229 g/mol. The van der Waals surface area contributed by atoms with Crippen molar-refractivity contribution in [1.82, 2.24) is 5.32 Å². The van der Waals surface area contributed by atoms with Crippen molar-refractivity contribution >= 4 is 0 Å². The van der Waals surface area contributed by atoms with E-state index in [0.29, 0.717) is 13.2 Å². The Labute approximate surface area is 87.9 Å². The lowest BCUT2D eigenvalue weighted by Gasteiger charge is -2.16. The van der Waals surface area contributed by atoms with E-state index in [2.05, 4.69) is 10.1 Å². The maximum absolute atomic E-state index is 12.0. The minimum absolute atomic E-state index is 0.0632. The maximum Gasteiger partial charge on any atom is 0.414 e. The van der Waals surface area contributed by atoms with Gasteiger partial charge in [0.15, 0.2) is 6.10 Å². The number of rotatable bonds is 8. The van der Waals surface area contributed by atoms with Gasteiger partial charge in [-0.25, -0.2) is 0 Å². The van der Waals surface area contributed by atoms with Gasteiger partial charge in [0.2, 0.25) is 0 Å². The van der Waals surface area contributed by atoms with E-state index in [1.165, 1.54) is 0 Å². The first kappa shape index (κ1) is 14.7. The Hall–Kier alpha value is -0.330. The van der Waals surface area contributed by atoms with E-state index < -0.39 is 12.3 Å². The normalized spacial score (nSPS) is 14.2. The first-order valence-corrected chi connectivity index (χ1v) is 4.86. The van der Waals surface area contributed by atoms with Crippen molar-refractivity contribution in [2.24, 2.45) is 0 Å². The van der Waals surface area contributed by atoms with E-state index in [1.54, 1.807) is 7.11 Å². The molecule has 3 nitrogen and oxygen atoms in total. The lowest BCUT2D eigenvalue weighted by Crippen LogP contribution is -2.31. The molecule has 0 bridgehead atoms. The van der Waals surface area contributed by atoms with Gasteiger partial charge in [-0.2, -0.15) is 13.2 Å². The first-order valence-electron chi connectivity index (χ1n) is 4.86. The highest BCUT2D eigenvalue weighted by molar-refractivity contribution is 4.60. The smallest absolute Gasteiger partial charge is 0.385 e. The lowest BCUT2D eigenvalue weighted by atomic mass is 10.4. The van der Waals surface area contributed by atoms with Crippen LogP contribution in [0.4, 0.5) is 13.2 Å². The van der Waals surface area contributed by atoms with Gasteiger partial charge in [0.05, 0.1) is 6.61 Å². The number of alkyl halides is 3. The molecule has 0 saturated carbocycles. The highest BCUT2D eigenvalue weighted by Gasteiger charge is 2.36. The highest BCUT2D eigenvalue weighted by atomic mass is 19.4. The summed E-state index contributed by atoms with van der Waals surface area (Å²) in [6, 6.07) is 0. The van der Waals surface area contributed by atoms with E-state index in [9.17, 15) is 13.2 Å². The van der Waals surface area contributed by atoms with Crippen molar-refractivity contribution in [3.63, 3.8) is 0 Å². The van der Waals surface area contributed by atoms with Gasteiger partial charge in [-0.05, 0) is 19.9 Å². The van der Waals surface area contributed by atoms with E-state index in [1.807, 2.05) is 0 Å². The molecule has 0 aliphatic heterocycles. The number of ether oxygens (including phenoxy) is 2. The number of hydrogen-bond donors (Lipinski definition) is 1. The molecule has 0 aromatic carbocycles. The van der Waals surface area contributed by atoms with Crippen molar-refractivity contribution < 1.29 is 22.6 Å². The third kappa shape index (κ3) is 8.65. The second kappa shape index (κ2) is 7.90. The van der Waals surface area contributed by atoms with Gasteiger partial charge >= 0.3 is 6.18 Å². The predicted octanol–water partition coefficient (Wildman–Crippen LogP) is 1.58. The topological polar surface area (TPSA) is 30.5 Å². The largest absolute Gasteiger partial charge is 0.414 e. The zero-order chi connectivity index (χ0) is 11.7. The summed E-state index contributed by atoms with van der Waals surface area (Å²) in [5.41, 5.74) is 0. The molecule has 0 amide bonds. The van der Waals surface area contributed by atoms with Crippen LogP contribution >= 0.6 is 0 Å². The molecule has 0 fully saturated rings. The van der Waals surface area contributed by atoms with Crippen molar-refractivity contribution in [1.29, 1.82) is 0 Å². The molecule has 1 unspecified atom stereocenters. The Balaban J connectivity index is 3.24. The standard InChI is InChI=1S/C9H18F3NO2/c1-8(9(10,11)12)15-7-5-13-4-3-6-14-2/h8,13H,3-7H2,1-2H3. The molecule has 6 heteroatoms. The molecule has 1 N–H and O–H groups in total. The second-order valence-corrected chi connectivity index (χ2v) is 3.15. The summed E-state index contributed by atoms with van der Waals surface area (Å²) < 4.78 is 45.3. The van der Waals surface area contributed by atoms with Crippen LogP contribution < -0.4 is 5.32 Å². The lowest BCUT2D eigenvalue weighted by molar-refractivity contribution is -0.213. The van der Waals surface area contributed by atoms with E-state index in [4.69, 9.17) is 4.74 Å². The fraction of sp³-hybridized carbons (Fsp3) is 1.00. The van der Waals surface area contributed by atoms with Gasteiger partial charge in [-0.1, -0.05) is 0 Å². The monoisotopic (exact) mass is 229 g/mol. The van der Waals surface area contributed by atoms with Crippen molar-refractivity contribution in [2.75, 3.05) is 33.4 Å². The van der Waals surface area contributed by atoms with Crippen LogP contribution in [-0.2, 0) is 9.47 Å².